The van der Waals surface area contributed by atoms with Crippen molar-refractivity contribution in [3.05, 3.63) is 16.4 Å². The van der Waals surface area contributed by atoms with E-state index in [-0.39, 0.29) is 0 Å². The van der Waals surface area contributed by atoms with Gasteiger partial charge in [-0.05, 0) is 45.2 Å². The number of rotatable bonds is 10. The summed E-state index contributed by atoms with van der Waals surface area (Å²) in [5, 5.41) is 8.71. The Labute approximate surface area is 126 Å². The molecule has 1 aromatic rings. The average molecular weight is 304 g/mol. The van der Waals surface area contributed by atoms with E-state index < -0.39 is 0 Å². The fourth-order valence-electron chi connectivity index (χ4n) is 2.09. The molecule has 19 heavy (non-hydrogen) atoms. The van der Waals surface area contributed by atoms with E-state index in [0.29, 0.717) is 0 Å². The molecule has 5 heteroatoms. The van der Waals surface area contributed by atoms with Crippen LogP contribution in [0.25, 0.3) is 0 Å². The first-order chi connectivity index (χ1) is 9.20. The maximum absolute atomic E-state index is 6.26. The molecule has 0 aliphatic rings. The van der Waals surface area contributed by atoms with Gasteiger partial charge in [-0.2, -0.15) is 16.9 Å². The lowest BCUT2D eigenvalue weighted by molar-refractivity contribution is 0.557. The first-order valence-corrected chi connectivity index (χ1v) is 8.89. The van der Waals surface area contributed by atoms with Crippen LogP contribution < -0.4 is 5.32 Å². The van der Waals surface area contributed by atoms with Gasteiger partial charge >= 0.3 is 0 Å². The van der Waals surface area contributed by atoms with Crippen molar-refractivity contribution in [2.75, 3.05) is 18.6 Å². The number of aromatic nitrogens is 2. The lowest BCUT2D eigenvalue weighted by Crippen LogP contribution is -2.18. The van der Waals surface area contributed by atoms with E-state index in [9.17, 15) is 0 Å². The highest BCUT2D eigenvalue weighted by atomic mass is 35.5. The number of aryl methyl sites for hydroxylation is 2. The van der Waals surface area contributed by atoms with Gasteiger partial charge in [0.25, 0.3) is 0 Å². The van der Waals surface area contributed by atoms with Gasteiger partial charge in [0.15, 0.2) is 0 Å². The molecule has 0 aliphatic heterocycles. The predicted molar refractivity (Wildman–Crippen MR) is 86.2 cm³/mol. The summed E-state index contributed by atoms with van der Waals surface area (Å²) in [5.41, 5.74) is 2.04. The molecule has 110 valence electrons. The van der Waals surface area contributed by atoms with Crippen molar-refractivity contribution >= 4 is 23.4 Å². The summed E-state index contributed by atoms with van der Waals surface area (Å²) in [6.45, 7) is 6.81. The van der Waals surface area contributed by atoms with Crippen molar-refractivity contribution in [3.8, 4) is 0 Å². The molecule has 0 spiro atoms. The molecule has 0 unspecified atom stereocenters. The molecule has 3 nitrogen and oxygen atoms in total. The van der Waals surface area contributed by atoms with Crippen LogP contribution in [0.5, 0.6) is 0 Å². The van der Waals surface area contributed by atoms with E-state index in [4.69, 9.17) is 11.6 Å². The van der Waals surface area contributed by atoms with Crippen molar-refractivity contribution < 1.29 is 0 Å². The van der Waals surface area contributed by atoms with Crippen LogP contribution in [0, 0.1) is 6.92 Å². The minimum Gasteiger partial charge on any atom is -0.311 e. The Balaban J connectivity index is 2.19. The molecule has 0 bridgehead atoms. The summed E-state index contributed by atoms with van der Waals surface area (Å²) in [6, 6.07) is 0. The minimum absolute atomic E-state index is 0.814. The highest BCUT2D eigenvalue weighted by Gasteiger charge is 2.11. The van der Waals surface area contributed by atoms with E-state index >= 15 is 0 Å². The van der Waals surface area contributed by atoms with Crippen molar-refractivity contribution in [1.29, 1.82) is 0 Å². The molecule has 0 atom stereocenters. The van der Waals surface area contributed by atoms with Gasteiger partial charge in [-0.1, -0.05) is 24.4 Å². The Morgan fingerprint density at radius 1 is 1.26 bits per heavy atom. The highest BCUT2D eigenvalue weighted by Crippen LogP contribution is 2.19. The number of hydrogen-bond donors (Lipinski definition) is 1. The first kappa shape index (κ1) is 16.9. The highest BCUT2D eigenvalue weighted by molar-refractivity contribution is 7.98. The second-order valence-electron chi connectivity index (χ2n) is 4.75. The van der Waals surface area contributed by atoms with Crippen LogP contribution in [0.15, 0.2) is 0 Å². The molecule has 0 aliphatic carbocycles. The second-order valence-corrected chi connectivity index (χ2v) is 6.11. The summed E-state index contributed by atoms with van der Waals surface area (Å²) in [7, 11) is 0. The molecule has 0 fully saturated rings. The average Bonchev–Trinajstić information content (AvgIpc) is 2.69. The molecule has 1 heterocycles. The Morgan fingerprint density at radius 2 is 2.00 bits per heavy atom. The molecule has 0 amide bonds. The molecule has 0 saturated heterocycles. The summed E-state index contributed by atoms with van der Waals surface area (Å²) >= 11 is 8.20. The molecule has 1 aromatic heterocycles. The molecule has 0 radical (unpaired) electrons. The normalized spacial score (nSPS) is 11.2. The third kappa shape index (κ3) is 5.76. The Kier molecular flexibility index (Phi) is 8.58. The van der Waals surface area contributed by atoms with Crippen molar-refractivity contribution in [2.45, 2.75) is 52.6 Å². The topological polar surface area (TPSA) is 29.9 Å². The Hall–Kier alpha value is -0.190. The molecule has 0 saturated carbocycles. The van der Waals surface area contributed by atoms with Gasteiger partial charge < -0.3 is 5.32 Å². The Morgan fingerprint density at radius 3 is 2.68 bits per heavy atom. The van der Waals surface area contributed by atoms with Crippen LogP contribution in [0.3, 0.4) is 0 Å². The number of nitrogens with zero attached hydrogens (tertiary/aromatic N) is 2. The van der Waals surface area contributed by atoms with E-state index in [2.05, 4.69) is 23.6 Å². The predicted octanol–water partition coefficient (Wildman–Crippen LogP) is 3.88. The minimum atomic E-state index is 0.814. The van der Waals surface area contributed by atoms with Gasteiger partial charge in [0.05, 0.1) is 16.4 Å². The zero-order chi connectivity index (χ0) is 14.1. The molecule has 0 aromatic carbocycles. The van der Waals surface area contributed by atoms with Crippen molar-refractivity contribution in [2.24, 2.45) is 0 Å². The third-order valence-electron chi connectivity index (χ3n) is 3.20. The zero-order valence-electron chi connectivity index (χ0n) is 12.3. The van der Waals surface area contributed by atoms with Crippen LogP contribution >= 0.6 is 23.4 Å². The number of thioether (sulfide) groups is 1. The molecular weight excluding hydrogens is 278 g/mol. The monoisotopic (exact) mass is 303 g/mol. The molecule has 1 N–H and O–H groups in total. The quantitative estimate of drug-likeness (QED) is 0.665. The van der Waals surface area contributed by atoms with E-state index in [1.807, 2.05) is 23.4 Å². The lowest BCUT2D eigenvalue weighted by Gasteiger charge is -2.07. The lowest BCUT2D eigenvalue weighted by atomic mass is 10.2. The fraction of sp³-hybridized carbons (Fsp3) is 0.786. The number of halogens is 1. The van der Waals surface area contributed by atoms with Crippen LogP contribution in [-0.4, -0.2) is 28.3 Å². The van der Waals surface area contributed by atoms with E-state index in [1.165, 1.54) is 31.4 Å². The summed E-state index contributed by atoms with van der Waals surface area (Å²) in [6.07, 6.45) is 7.41. The van der Waals surface area contributed by atoms with Crippen LogP contribution in [0.1, 0.15) is 44.0 Å². The summed E-state index contributed by atoms with van der Waals surface area (Å²) in [5.74, 6) is 1.29. The van der Waals surface area contributed by atoms with Crippen LogP contribution in [-0.2, 0) is 13.1 Å². The maximum Gasteiger partial charge on any atom is 0.0860 e. The van der Waals surface area contributed by atoms with Gasteiger partial charge in [-0.15, -0.1) is 0 Å². The second kappa shape index (κ2) is 9.67. The van der Waals surface area contributed by atoms with Gasteiger partial charge in [0, 0.05) is 13.1 Å². The van der Waals surface area contributed by atoms with Gasteiger partial charge in [0.2, 0.25) is 0 Å². The number of unbranched alkanes of at least 4 members (excludes halogenated alkanes) is 3. The number of nitrogens with one attached hydrogen (secondary N) is 1. The maximum atomic E-state index is 6.26. The van der Waals surface area contributed by atoms with E-state index in [1.54, 1.807) is 0 Å². The van der Waals surface area contributed by atoms with Crippen LogP contribution in [0.4, 0.5) is 0 Å². The third-order valence-corrected chi connectivity index (χ3v) is 4.39. The number of hydrogen-bond acceptors (Lipinski definition) is 3. The Bertz CT molecular complexity index is 366. The fourth-order valence-corrected chi connectivity index (χ4v) is 2.79. The SMILES string of the molecule is CCn1nc(C)c(Cl)c1CNCCCCCCSC. The first-order valence-electron chi connectivity index (χ1n) is 7.12. The summed E-state index contributed by atoms with van der Waals surface area (Å²) in [4.78, 5) is 0. The smallest absolute Gasteiger partial charge is 0.0860 e. The zero-order valence-corrected chi connectivity index (χ0v) is 13.9. The van der Waals surface area contributed by atoms with E-state index in [0.717, 1.165) is 36.0 Å². The summed E-state index contributed by atoms with van der Waals surface area (Å²) < 4.78 is 1.99. The molecule has 1 rings (SSSR count). The van der Waals surface area contributed by atoms with Gasteiger partial charge in [0.1, 0.15) is 0 Å². The largest absolute Gasteiger partial charge is 0.311 e. The standard InChI is InChI=1S/C14H26ClN3S/c1-4-18-13(14(15)12(2)17-18)11-16-9-7-5-6-8-10-19-3/h16H,4-11H2,1-3H3. The molecular formula is C14H26ClN3S. The van der Waals surface area contributed by atoms with Gasteiger partial charge in [-0.3, -0.25) is 4.68 Å². The van der Waals surface area contributed by atoms with Crippen LogP contribution in [0.2, 0.25) is 5.02 Å². The van der Waals surface area contributed by atoms with Crippen molar-refractivity contribution in [3.63, 3.8) is 0 Å². The van der Waals surface area contributed by atoms with Crippen molar-refractivity contribution in [1.82, 2.24) is 15.1 Å². The van der Waals surface area contributed by atoms with Gasteiger partial charge in [-0.25, -0.2) is 0 Å².